The van der Waals surface area contributed by atoms with Gasteiger partial charge in [0.15, 0.2) is 5.82 Å². The number of thioether (sulfide) groups is 1. The van der Waals surface area contributed by atoms with Gasteiger partial charge in [-0.05, 0) is 29.3 Å². The van der Waals surface area contributed by atoms with Crippen LogP contribution in [0.4, 0.5) is 5.82 Å². The zero-order valence-corrected chi connectivity index (χ0v) is 13.8. The Morgan fingerprint density at radius 2 is 2.26 bits per heavy atom. The number of ether oxygens (including phenoxy) is 1. The molecule has 1 unspecified atom stereocenters. The lowest BCUT2D eigenvalue weighted by Crippen LogP contribution is -2.20. The molecule has 0 radical (unpaired) electrons. The van der Waals surface area contributed by atoms with Crippen LogP contribution in [0.25, 0.3) is 0 Å². The van der Waals surface area contributed by atoms with Crippen LogP contribution in [0.3, 0.4) is 0 Å². The Morgan fingerprint density at radius 3 is 2.89 bits per heavy atom. The standard InChI is InChI=1S/C13H20BrN3OS/c1-3-5-9-11(14)13(15-4-2)17-12(16-9)10-8-19-7-6-18-10/h10H,3-8H2,1-2H3,(H,15,16,17). The topological polar surface area (TPSA) is 47.0 Å². The highest BCUT2D eigenvalue weighted by Crippen LogP contribution is 2.30. The van der Waals surface area contributed by atoms with E-state index in [2.05, 4.69) is 40.1 Å². The first-order chi connectivity index (χ1) is 9.26. The molecule has 6 heteroatoms. The third-order valence-corrected chi connectivity index (χ3v) is 4.70. The number of aryl methyl sites for hydroxylation is 1. The van der Waals surface area contributed by atoms with E-state index in [0.717, 1.165) is 59.3 Å². The molecule has 0 aliphatic carbocycles. The fourth-order valence-electron chi connectivity index (χ4n) is 1.98. The lowest BCUT2D eigenvalue weighted by Gasteiger charge is -2.22. The van der Waals surface area contributed by atoms with Crippen LogP contribution in [-0.4, -0.2) is 34.6 Å². The second-order valence-electron chi connectivity index (χ2n) is 4.41. The number of nitrogens with one attached hydrogen (secondary N) is 1. The largest absolute Gasteiger partial charge is 0.369 e. The SMILES string of the molecule is CCCc1nc(C2CSCCO2)nc(NCC)c1Br. The van der Waals surface area contributed by atoms with Crippen molar-refractivity contribution in [2.24, 2.45) is 0 Å². The van der Waals surface area contributed by atoms with E-state index in [1.807, 2.05) is 11.8 Å². The number of aromatic nitrogens is 2. The van der Waals surface area contributed by atoms with E-state index < -0.39 is 0 Å². The minimum atomic E-state index is 0.0277. The summed E-state index contributed by atoms with van der Waals surface area (Å²) in [4.78, 5) is 9.31. The second kappa shape index (κ2) is 7.45. The maximum absolute atomic E-state index is 5.78. The number of hydrogen-bond donors (Lipinski definition) is 1. The summed E-state index contributed by atoms with van der Waals surface area (Å²) in [6.07, 6.45) is 2.05. The van der Waals surface area contributed by atoms with Gasteiger partial charge in [-0.3, -0.25) is 0 Å². The Hall–Kier alpha value is -0.330. The summed E-state index contributed by atoms with van der Waals surface area (Å²) in [5.74, 6) is 3.71. The Morgan fingerprint density at radius 1 is 1.42 bits per heavy atom. The van der Waals surface area contributed by atoms with Gasteiger partial charge in [-0.1, -0.05) is 13.3 Å². The third kappa shape index (κ3) is 3.83. The van der Waals surface area contributed by atoms with Crippen molar-refractivity contribution in [1.82, 2.24) is 9.97 Å². The minimum Gasteiger partial charge on any atom is -0.369 e. The molecule has 19 heavy (non-hydrogen) atoms. The van der Waals surface area contributed by atoms with Gasteiger partial charge < -0.3 is 10.1 Å². The molecule has 1 aliphatic rings. The van der Waals surface area contributed by atoms with Crippen LogP contribution in [0, 0.1) is 0 Å². The Balaban J connectivity index is 2.30. The first-order valence-corrected chi connectivity index (χ1v) is 8.70. The molecule has 2 rings (SSSR count). The lowest BCUT2D eigenvalue weighted by molar-refractivity contribution is 0.0693. The Bertz CT molecular complexity index is 397. The molecule has 1 aromatic heterocycles. The fraction of sp³-hybridized carbons (Fsp3) is 0.692. The molecule has 1 N–H and O–H groups in total. The van der Waals surface area contributed by atoms with Gasteiger partial charge in [0.05, 0.1) is 16.8 Å². The van der Waals surface area contributed by atoms with Crippen molar-refractivity contribution in [3.63, 3.8) is 0 Å². The summed E-state index contributed by atoms with van der Waals surface area (Å²) < 4.78 is 6.77. The summed E-state index contributed by atoms with van der Waals surface area (Å²) >= 11 is 5.51. The molecule has 4 nitrogen and oxygen atoms in total. The fourth-order valence-corrected chi connectivity index (χ4v) is 3.34. The first kappa shape index (κ1) is 15.1. The molecule has 1 aromatic rings. The molecule has 0 amide bonds. The second-order valence-corrected chi connectivity index (χ2v) is 6.35. The summed E-state index contributed by atoms with van der Waals surface area (Å²) in [6, 6.07) is 0. The van der Waals surface area contributed by atoms with Crippen LogP contribution >= 0.6 is 27.7 Å². The predicted octanol–water partition coefficient (Wildman–Crippen LogP) is 3.43. The number of hydrogen-bond acceptors (Lipinski definition) is 5. The summed E-state index contributed by atoms with van der Waals surface area (Å²) in [6.45, 7) is 5.87. The van der Waals surface area contributed by atoms with Crippen LogP contribution in [0.15, 0.2) is 4.47 Å². The quantitative estimate of drug-likeness (QED) is 0.885. The molecule has 2 heterocycles. The molecule has 1 aliphatic heterocycles. The molecule has 0 spiro atoms. The molecular formula is C13H20BrN3OS. The van der Waals surface area contributed by atoms with Crippen LogP contribution < -0.4 is 5.32 Å². The number of halogens is 1. The first-order valence-electron chi connectivity index (χ1n) is 6.75. The molecule has 0 saturated carbocycles. The summed E-state index contributed by atoms with van der Waals surface area (Å²) in [5.41, 5.74) is 1.07. The van der Waals surface area contributed by atoms with Crippen LogP contribution in [-0.2, 0) is 11.2 Å². The van der Waals surface area contributed by atoms with E-state index in [1.54, 1.807) is 0 Å². The van der Waals surface area contributed by atoms with Gasteiger partial charge in [-0.15, -0.1) is 0 Å². The Labute approximate surface area is 127 Å². The lowest BCUT2D eigenvalue weighted by atomic mass is 10.2. The third-order valence-electron chi connectivity index (χ3n) is 2.87. The van der Waals surface area contributed by atoms with E-state index in [4.69, 9.17) is 9.72 Å². The zero-order valence-electron chi connectivity index (χ0n) is 11.4. The minimum absolute atomic E-state index is 0.0277. The van der Waals surface area contributed by atoms with E-state index in [1.165, 1.54) is 0 Å². The molecular weight excluding hydrogens is 326 g/mol. The van der Waals surface area contributed by atoms with Crippen LogP contribution in [0.2, 0.25) is 0 Å². The number of anilines is 1. The van der Waals surface area contributed by atoms with Crippen molar-refractivity contribution < 1.29 is 4.74 Å². The van der Waals surface area contributed by atoms with E-state index in [0.29, 0.717) is 0 Å². The zero-order chi connectivity index (χ0) is 13.7. The van der Waals surface area contributed by atoms with Gasteiger partial charge in [0.25, 0.3) is 0 Å². The molecule has 1 atom stereocenters. The molecule has 1 saturated heterocycles. The average Bonchev–Trinajstić information content (AvgIpc) is 2.44. The highest BCUT2D eigenvalue weighted by Gasteiger charge is 2.22. The van der Waals surface area contributed by atoms with Gasteiger partial charge in [0.1, 0.15) is 11.9 Å². The maximum Gasteiger partial charge on any atom is 0.160 e. The summed E-state index contributed by atoms with van der Waals surface area (Å²) in [7, 11) is 0. The number of nitrogens with zero attached hydrogens (tertiary/aromatic N) is 2. The highest BCUT2D eigenvalue weighted by molar-refractivity contribution is 9.10. The van der Waals surface area contributed by atoms with Crippen LogP contribution in [0.5, 0.6) is 0 Å². The van der Waals surface area contributed by atoms with Gasteiger partial charge in [0, 0.05) is 18.1 Å². The molecule has 106 valence electrons. The molecule has 1 fully saturated rings. The van der Waals surface area contributed by atoms with Crippen molar-refractivity contribution >= 4 is 33.5 Å². The van der Waals surface area contributed by atoms with E-state index in [-0.39, 0.29) is 6.10 Å². The van der Waals surface area contributed by atoms with E-state index in [9.17, 15) is 0 Å². The molecule has 0 bridgehead atoms. The highest BCUT2D eigenvalue weighted by atomic mass is 79.9. The van der Waals surface area contributed by atoms with Crippen molar-refractivity contribution in [2.45, 2.75) is 32.8 Å². The van der Waals surface area contributed by atoms with Gasteiger partial charge >= 0.3 is 0 Å². The van der Waals surface area contributed by atoms with Gasteiger partial charge in [-0.25, -0.2) is 9.97 Å². The van der Waals surface area contributed by atoms with Crippen molar-refractivity contribution in [2.75, 3.05) is 30.0 Å². The van der Waals surface area contributed by atoms with Gasteiger partial charge in [0.2, 0.25) is 0 Å². The normalized spacial score (nSPS) is 19.4. The van der Waals surface area contributed by atoms with Crippen LogP contribution in [0.1, 0.15) is 37.9 Å². The van der Waals surface area contributed by atoms with Crippen molar-refractivity contribution in [3.05, 3.63) is 16.0 Å². The Kier molecular flexibility index (Phi) is 5.91. The maximum atomic E-state index is 5.78. The van der Waals surface area contributed by atoms with Crippen molar-refractivity contribution in [1.29, 1.82) is 0 Å². The smallest absolute Gasteiger partial charge is 0.160 e. The predicted molar refractivity (Wildman–Crippen MR) is 83.9 cm³/mol. The number of rotatable bonds is 5. The monoisotopic (exact) mass is 345 g/mol. The molecule has 0 aromatic carbocycles. The summed E-state index contributed by atoms with van der Waals surface area (Å²) in [5, 5.41) is 3.29. The van der Waals surface area contributed by atoms with Crippen molar-refractivity contribution in [3.8, 4) is 0 Å². The van der Waals surface area contributed by atoms with E-state index >= 15 is 0 Å². The average molecular weight is 346 g/mol. The van der Waals surface area contributed by atoms with Gasteiger partial charge in [-0.2, -0.15) is 11.8 Å².